The summed E-state index contributed by atoms with van der Waals surface area (Å²) in [5.41, 5.74) is 1.15. The third kappa shape index (κ3) is 5.29. The average molecular weight is 512 g/mol. The Morgan fingerprint density at radius 3 is 2.69 bits per heavy atom. The van der Waals surface area contributed by atoms with Crippen LogP contribution in [0.15, 0.2) is 24.3 Å². The second-order valence-electron chi connectivity index (χ2n) is 10.5. The minimum absolute atomic E-state index is 0.00931. The molecule has 0 unspecified atom stereocenters. The van der Waals surface area contributed by atoms with Crippen LogP contribution in [0.5, 0.6) is 0 Å². The number of aryl methyl sites for hydroxylation is 1. The van der Waals surface area contributed by atoms with Gasteiger partial charge in [-0.3, -0.25) is 14.5 Å². The molecule has 2 amide bonds. The molecule has 7 nitrogen and oxygen atoms in total. The first-order chi connectivity index (χ1) is 17.0. The van der Waals surface area contributed by atoms with Crippen LogP contribution in [-0.4, -0.2) is 46.9 Å². The molecule has 2 aliphatic rings. The highest BCUT2D eigenvalue weighted by Gasteiger charge is 2.52. The van der Waals surface area contributed by atoms with E-state index in [1.54, 1.807) is 39.0 Å². The summed E-state index contributed by atoms with van der Waals surface area (Å²) in [5.74, 6) is -0.881. The number of nitriles is 1. The summed E-state index contributed by atoms with van der Waals surface area (Å²) >= 11 is 1.29. The van der Waals surface area contributed by atoms with Crippen molar-refractivity contribution < 1.29 is 23.5 Å². The highest BCUT2D eigenvalue weighted by atomic mass is 32.1. The largest absolute Gasteiger partial charge is 0.444 e. The molecule has 9 heteroatoms. The molecule has 1 saturated heterocycles. The standard InChI is InChI=1S/C27H30FN3O4S/c1-15-9-21(14-32)36-24(15)18-6-5-16(22(28)12-18)10-19(13-29)30-25(33)23-17-7-8-20(11-17)31(23)26(34)35-27(2,3)4/h5-6,9,12,14,17,19-20,23H,7-8,10-11H2,1-4H3,(H,30,33)/t17-,19-,20+,23-/m0/s1. The molecule has 36 heavy (non-hydrogen) atoms. The number of amides is 2. The molecular weight excluding hydrogens is 481 g/mol. The molecule has 2 aromatic rings. The van der Waals surface area contributed by atoms with Gasteiger partial charge in [0.15, 0.2) is 6.29 Å². The van der Waals surface area contributed by atoms with Crippen LogP contribution in [0, 0.1) is 30.0 Å². The number of nitrogens with one attached hydrogen (secondary N) is 1. The molecule has 2 bridgehead atoms. The molecule has 4 rings (SSSR count). The molecule has 1 aromatic heterocycles. The van der Waals surface area contributed by atoms with Crippen LogP contribution in [-0.2, 0) is 16.0 Å². The van der Waals surface area contributed by atoms with Crippen LogP contribution in [0.3, 0.4) is 0 Å². The van der Waals surface area contributed by atoms with Crippen molar-refractivity contribution >= 4 is 29.6 Å². The molecule has 1 saturated carbocycles. The Morgan fingerprint density at radius 2 is 2.08 bits per heavy atom. The Hall–Kier alpha value is -3.25. The van der Waals surface area contributed by atoms with Gasteiger partial charge in [0.2, 0.25) is 5.91 Å². The van der Waals surface area contributed by atoms with Crippen molar-refractivity contribution in [2.45, 2.75) is 77.1 Å². The molecule has 1 aliphatic heterocycles. The van der Waals surface area contributed by atoms with Crippen molar-refractivity contribution in [2.24, 2.45) is 5.92 Å². The molecule has 1 aromatic carbocycles. The molecule has 0 spiro atoms. The predicted octanol–water partition coefficient (Wildman–Crippen LogP) is 5.01. The number of rotatable bonds is 6. The maximum atomic E-state index is 15.0. The van der Waals surface area contributed by atoms with Crippen LogP contribution in [0.2, 0.25) is 0 Å². The van der Waals surface area contributed by atoms with Gasteiger partial charge in [-0.15, -0.1) is 11.3 Å². The number of nitrogens with zero attached hydrogens (tertiary/aromatic N) is 2. The van der Waals surface area contributed by atoms with Gasteiger partial charge in [-0.25, -0.2) is 9.18 Å². The number of likely N-dealkylation sites (tertiary alicyclic amines) is 1. The summed E-state index contributed by atoms with van der Waals surface area (Å²) in [7, 11) is 0. The van der Waals surface area contributed by atoms with Crippen molar-refractivity contribution in [2.75, 3.05) is 0 Å². The zero-order chi connectivity index (χ0) is 26.2. The maximum absolute atomic E-state index is 15.0. The number of hydrogen-bond acceptors (Lipinski definition) is 6. The van der Waals surface area contributed by atoms with Crippen LogP contribution < -0.4 is 5.32 Å². The number of halogens is 1. The van der Waals surface area contributed by atoms with Gasteiger partial charge in [-0.2, -0.15) is 5.26 Å². The fourth-order valence-corrected chi connectivity index (χ4v) is 6.20. The topological polar surface area (TPSA) is 99.5 Å². The van der Waals surface area contributed by atoms with Crippen molar-refractivity contribution in [3.63, 3.8) is 0 Å². The molecule has 1 aliphatic carbocycles. The van der Waals surface area contributed by atoms with Crippen LogP contribution >= 0.6 is 11.3 Å². The van der Waals surface area contributed by atoms with E-state index in [0.717, 1.165) is 36.0 Å². The van der Waals surface area contributed by atoms with Crippen molar-refractivity contribution in [3.8, 4) is 16.5 Å². The Morgan fingerprint density at radius 1 is 1.33 bits per heavy atom. The van der Waals surface area contributed by atoms with Crippen molar-refractivity contribution in [3.05, 3.63) is 46.1 Å². The first kappa shape index (κ1) is 25.8. The Labute approximate surface area is 214 Å². The Bertz CT molecular complexity index is 1230. The lowest BCUT2D eigenvalue weighted by Gasteiger charge is -2.35. The number of thiophene rings is 1. The minimum Gasteiger partial charge on any atom is -0.444 e. The second kappa shape index (κ2) is 10.0. The normalized spacial score (nSPS) is 21.7. The maximum Gasteiger partial charge on any atom is 0.411 e. The number of piperidine rings is 1. The van der Waals surface area contributed by atoms with E-state index in [4.69, 9.17) is 4.74 Å². The third-order valence-corrected chi connectivity index (χ3v) is 7.93. The zero-order valence-electron chi connectivity index (χ0n) is 20.8. The SMILES string of the molecule is Cc1cc(C=O)sc1-c1ccc(C[C@@H](C#N)NC(=O)[C@@H]2[C@H]3CC[C@H](C3)N2C(=O)OC(C)(C)C)c(F)c1. The monoisotopic (exact) mass is 511 g/mol. The fourth-order valence-electron chi connectivity index (χ4n) is 5.21. The number of hydrogen-bond donors (Lipinski definition) is 1. The first-order valence-corrected chi connectivity index (χ1v) is 12.9. The second-order valence-corrected chi connectivity index (χ2v) is 11.6. The lowest BCUT2D eigenvalue weighted by Crippen LogP contribution is -2.55. The fraction of sp³-hybridized carbons (Fsp3) is 0.481. The van der Waals surface area contributed by atoms with E-state index in [0.29, 0.717) is 16.0 Å². The number of benzene rings is 1. The average Bonchev–Trinajstić information content (AvgIpc) is 3.52. The highest BCUT2D eigenvalue weighted by molar-refractivity contribution is 7.17. The molecular formula is C27H30FN3O4S. The van der Waals surface area contributed by atoms with Crippen molar-refractivity contribution in [1.29, 1.82) is 5.26 Å². The van der Waals surface area contributed by atoms with Gasteiger partial charge in [0, 0.05) is 17.3 Å². The van der Waals surface area contributed by atoms with Crippen LogP contribution in [0.4, 0.5) is 9.18 Å². The number of ether oxygens (including phenoxy) is 1. The van der Waals surface area contributed by atoms with Crippen LogP contribution in [0.1, 0.15) is 60.8 Å². The predicted molar refractivity (Wildman–Crippen MR) is 134 cm³/mol. The molecule has 4 atom stereocenters. The van der Waals surface area contributed by atoms with Gasteiger partial charge in [-0.1, -0.05) is 12.1 Å². The highest BCUT2D eigenvalue weighted by Crippen LogP contribution is 2.43. The van der Waals surface area contributed by atoms with Gasteiger partial charge in [0.05, 0.1) is 10.9 Å². The van der Waals surface area contributed by atoms with Gasteiger partial charge in [-0.05, 0) is 81.7 Å². The molecule has 1 N–H and O–H groups in total. The quantitative estimate of drug-likeness (QED) is 0.550. The summed E-state index contributed by atoms with van der Waals surface area (Å²) < 4.78 is 20.5. The Kier molecular flexibility index (Phi) is 7.19. The number of fused-ring (bicyclic) bond motifs is 2. The lowest BCUT2D eigenvalue weighted by atomic mass is 9.97. The van der Waals surface area contributed by atoms with Gasteiger partial charge < -0.3 is 10.1 Å². The van der Waals surface area contributed by atoms with Crippen molar-refractivity contribution in [1.82, 2.24) is 10.2 Å². The third-order valence-electron chi connectivity index (χ3n) is 6.72. The van der Waals surface area contributed by atoms with E-state index in [1.807, 2.05) is 6.92 Å². The van der Waals surface area contributed by atoms with Gasteiger partial charge in [0.25, 0.3) is 0 Å². The number of carbonyl (C=O) groups is 3. The lowest BCUT2D eigenvalue weighted by molar-refractivity contribution is -0.128. The van der Waals surface area contributed by atoms with E-state index in [1.165, 1.54) is 22.3 Å². The van der Waals surface area contributed by atoms with Gasteiger partial charge in [0.1, 0.15) is 23.5 Å². The summed E-state index contributed by atoms with van der Waals surface area (Å²) in [6.45, 7) is 7.20. The summed E-state index contributed by atoms with van der Waals surface area (Å²) in [6, 6.07) is 6.85. The molecule has 2 heterocycles. The minimum atomic E-state index is -0.956. The summed E-state index contributed by atoms with van der Waals surface area (Å²) in [5, 5.41) is 12.4. The van der Waals surface area contributed by atoms with E-state index in [2.05, 4.69) is 11.4 Å². The van der Waals surface area contributed by atoms with E-state index >= 15 is 0 Å². The van der Waals surface area contributed by atoms with Gasteiger partial charge >= 0.3 is 6.09 Å². The Balaban J connectivity index is 1.47. The summed E-state index contributed by atoms with van der Waals surface area (Å²) in [4.78, 5) is 40.0. The number of carbonyl (C=O) groups excluding carboxylic acids is 3. The smallest absolute Gasteiger partial charge is 0.411 e. The zero-order valence-corrected chi connectivity index (χ0v) is 21.7. The van der Waals surface area contributed by atoms with E-state index in [-0.39, 0.29) is 18.4 Å². The first-order valence-electron chi connectivity index (χ1n) is 12.1. The molecule has 0 radical (unpaired) electrons. The van der Waals surface area contributed by atoms with Crippen LogP contribution in [0.25, 0.3) is 10.4 Å². The molecule has 190 valence electrons. The van der Waals surface area contributed by atoms with E-state index in [9.17, 15) is 24.0 Å². The molecule has 2 fully saturated rings. The number of aldehydes is 1. The van der Waals surface area contributed by atoms with E-state index < -0.39 is 35.5 Å². The summed E-state index contributed by atoms with van der Waals surface area (Å²) in [6.07, 6.45) is 2.63.